The molecule has 1 fully saturated rings. The molecule has 1 saturated carbocycles. The quantitative estimate of drug-likeness (QED) is 0.845. The van der Waals surface area contributed by atoms with Crippen LogP contribution in [0.5, 0.6) is 0 Å². The summed E-state index contributed by atoms with van der Waals surface area (Å²) in [5.74, 6) is 0.516. The topological polar surface area (TPSA) is 12.0 Å². The Labute approximate surface area is 110 Å². The average Bonchev–Trinajstić information content (AvgIpc) is 2.40. The third kappa shape index (κ3) is 3.32. The van der Waals surface area contributed by atoms with Crippen LogP contribution in [0.25, 0.3) is 0 Å². The molecule has 100 valence electrons. The molecule has 0 aromatic heterocycles. The molecule has 0 spiro atoms. The summed E-state index contributed by atoms with van der Waals surface area (Å²) in [6, 6.07) is 6.26. The number of halogens is 1. The number of hydrogen-bond acceptors (Lipinski definition) is 1. The van der Waals surface area contributed by atoms with E-state index in [1.54, 1.807) is 6.07 Å². The maximum atomic E-state index is 13.3. The summed E-state index contributed by atoms with van der Waals surface area (Å²) in [6.07, 6.45) is 6.20. The fraction of sp³-hybridized carbons (Fsp3) is 0.625. The van der Waals surface area contributed by atoms with Crippen LogP contribution in [0.3, 0.4) is 0 Å². The van der Waals surface area contributed by atoms with Crippen LogP contribution in [-0.4, -0.2) is 12.6 Å². The van der Waals surface area contributed by atoms with Crippen molar-refractivity contribution in [3.8, 4) is 0 Å². The normalized spacial score (nSPS) is 24.2. The third-order valence-corrected chi connectivity index (χ3v) is 4.01. The number of rotatable bonds is 4. The highest BCUT2D eigenvalue weighted by Gasteiger charge is 2.22. The van der Waals surface area contributed by atoms with Gasteiger partial charge in [-0.15, -0.1) is 0 Å². The van der Waals surface area contributed by atoms with E-state index in [2.05, 4.69) is 12.2 Å². The molecule has 1 aliphatic carbocycles. The maximum absolute atomic E-state index is 13.3. The van der Waals surface area contributed by atoms with Gasteiger partial charge in [0.1, 0.15) is 5.82 Å². The second kappa shape index (κ2) is 6.33. The second-order valence-electron chi connectivity index (χ2n) is 5.52. The van der Waals surface area contributed by atoms with Crippen molar-refractivity contribution in [1.29, 1.82) is 0 Å². The molecule has 1 N–H and O–H groups in total. The highest BCUT2D eigenvalue weighted by atomic mass is 19.1. The molecule has 0 aliphatic heterocycles. The molecule has 2 unspecified atom stereocenters. The van der Waals surface area contributed by atoms with Gasteiger partial charge < -0.3 is 5.32 Å². The molecule has 0 heterocycles. The average molecular weight is 249 g/mol. The summed E-state index contributed by atoms with van der Waals surface area (Å²) in [7, 11) is 0. The smallest absolute Gasteiger partial charge is 0.126 e. The molecule has 18 heavy (non-hydrogen) atoms. The zero-order chi connectivity index (χ0) is 13.0. The SMILES string of the molecule is CCCNC1CCCC(c2ccc(F)c(C)c2)C1. The Morgan fingerprint density at radius 1 is 1.33 bits per heavy atom. The first kappa shape index (κ1) is 13.5. The van der Waals surface area contributed by atoms with E-state index in [-0.39, 0.29) is 5.82 Å². The van der Waals surface area contributed by atoms with Gasteiger partial charge in [0.25, 0.3) is 0 Å². The molecule has 1 aromatic carbocycles. The van der Waals surface area contributed by atoms with Gasteiger partial charge in [0.15, 0.2) is 0 Å². The number of aryl methyl sites for hydroxylation is 1. The molecule has 0 amide bonds. The predicted octanol–water partition coefficient (Wildman–Crippen LogP) is 4.16. The predicted molar refractivity (Wildman–Crippen MR) is 74.4 cm³/mol. The molecule has 1 aromatic rings. The van der Waals surface area contributed by atoms with Crippen molar-refractivity contribution in [2.24, 2.45) is 0 Å². The van der Waals surface area contributed by atoms with Crippen molar-refractivity contribution in [3.63, 3.8) is 0 Å². The summed E-state index contributed by atoms with van der Waals surface area (Å²) in [4.78, 5) is 0. The van der Waals surface area contributed by atoms with Gasteiger partial charge in [-0.25, -0.2) is 4.39 Å². The largest absolute Gasteiger partial charge is 0.314 e. The summed E-state index contributed by atoms with van der Waals surface area (Å²) >= 11 is 0. The van der Waals surface area contributed by atoms with Crippen LogP contribution >= 0.6 is 0 Å². The Morgan fingerprint density at radius 2 is 2.17 bits per heavy atom. The lowest BCUT2D eigenvalue weighted by atomic mass is 9.81. The molecule has 2 heteroatoms. The van der Waals surface area contributed by atoms with Gasteiger partial charge in [0, 0.05) is 6.04 Å². The minimum absolute atomic E-state index is 0.0878. The second-order valence-corrected chi connectivity index (χ2v) is 5.52. The van der Waals surface area contributed by atoms with Crippen LogP contribution in [0.2, 0.25) is 0 Å². The van der Waals surface area contributed by atoms with Gasteiger partial charge in [-0.3, -0.25) is 0 Å². The highest BCUT2D eigenvalue weighted by Crippen LogP contribution is 2.33. The minimum Gasteiger partial charge on any atom is -0.314 e. The molecule has 2 atom stereocenters. The van der Waals surface area contributed by atoms with E-state index in [4.69, 9.17) is 0 Å². The first-order valence-corrected chi connectivity index (χ1v) is 7.20. The summed E-state index contributed by atoms with van der Waals surface area (Å²) in [5.41, 5.74) is 2.09. The van der Waals surface area contributed by atoms with Crippen molar-refractivity contribution in [1.82, 2.24) is 5.32 Å². The zero-order valence-corrected chi connectivity index (χ0v) is 11.5. The first-order valence-electron chi connectivity index (χ1n) is 7.20. The minimum atomic E-state index is -0.0878. The van der Waals surface area contributed by atoms with Crippen molar-refractivity contribution in [3.05, 3.63) is 35.1 Å². The van der Waals surface area contributed by atoms with Crippen molar-refractivity contribution >= 4 is 0 Å². The first-order chi connectivity index (χ1) is 8.70. The number of benzene rings is 1. The van der Waals surface area contributed by atoms with E-state index in [9.17, 15) is 4.39 Å². The fourth-order valence-corrected chi connectivity index (χ4v) is 2.95. The number of hydrogen-bond donors (Lipinski definition) is 1. The van der Waals surface area contributed by atoms with Gasteiger partial charge in [-0.2, -0.15) is 0 Å². The van der Waals surface area contributed by atoms with Gasteiger partial charge in [0.2, 0.25) is 0 Å². The molecule has 1 aliphatic rings. The lowest BCUT2D eigenvalue weighted by molar-refractivity contribution is 0.340. The molecule has 0 saturated heterocycles. The van der Waals surface area contributed by atoms with E-state index in [1.807, 2.05) is 19.1 Å². The van der Waals surface area contributed by atoms with Crippen molar-refractivity contribution in [2.75, 3.05) is 6.54 Å². The third-order valence-electron chi connectivity index (χ3n) is 4.01. The van der Waals surface area contributed by atoms with Gasteiger partial charge in [0.05, 0.1) is 0 Å². The highest BCUT2D eigenvalue weighted by molar-refractivity contribution is 5.27. The molecular weight excluding hydrogens is 225 g/mol. The lowest BCUT2D eigenvalue weighted by Crippen LogP contribution is -2.34. The Kier molecular flexibility index (Phi) is 4.76. The maximum Gasteiger partial charge on any atom is 0.126 e. The molecule has 2 rings (SSSR count). The Hall–Kier alpha value is -0.890. The van der Waals surface area contributed by atoms with E-state index in [0.29, 0.717) is 12.0 Å². The number of nitrogens with one attached hydrogen (secondary N) is 1. The van der Waals surface area contributed by atoms with Crippen LogP contribution in [0, 0.1) is 12.7 Å². The summed E-state index contributed by atoms with van der Waals surface area (Å²) < 4.78 is 13.3. The van der Waals surface area contributed by atoms with E-state index < -0.39 is 0 Å². The fourth-order valence-electron chi connectivity index (χ4n) is 2.95. The standard InChI is InChI=1S/C16H24FN/c1-3-9-18-15-6-4-5-13(11-15)14-7-8-16(17)12(2)10-14/h7-8,10,13,15,18H,3-6,9,11H2,1-2H3. The van der Waals surface area contributed by atoms with Crippen molar-refractivity contribution in [2.45, 2.75) is 57.9 Å². The van der Waals surface area contributed by atoms with Gasteiger partial charge in [-0.05, 0) is 62.3 Å². The van der Waals surface area contributed by atoms with Crippen LogP contribution < -0.4 is 5.32 Å². The van der Waals surface area contributed by atoms with E-state index in [1.165, 1.54) is 37.7 Å². The van der Waals surface area contributed by atoms with Crippen molar-refractivity contribution < 1.29 is 4.39 Å². The Balaban J connectivity index is 2.01. The Morgan fingerprint density at radius 3 is 2.89 bits per heavy atom. The zero-order valence-electron chi connectivity index (χ0n) is 11.5. The van der Waals surface area contributed by atoms with E-state index in [0.717, 1.165) is 12.1 Å². The molecule has 0 bridgehead atoms. The molecule has 0 radical (unpaired) electrons. The van der Waals surface area contributed by atoms with Crippen LogP contribution in [-0.2, 0) is 0 Å². The summed E-state index contributed by atoms with van der Waals surface area (Å²) in [6.45, 7) is 5.17. The van der Waals surface area contributed by atoms with Crippen LogP contribution in [0.15, 0.2) is 18.2 Å². The van der Waals surface area contributed by atoms with Crippen LogP contribution in [0.4, 0.5) is 4.39 Å². The van der Waals surface area contributed by atoms with E-state index >= 15 is 0 Å². The lowest BCUT2D eigenvalue weighted by Gasteiger charge is -2.30. The molecule has 1 nitrogen and oxygen atoms in total. The van der Waals surface area contributed by atoms with Crippen LogP contribution in [0.1, 0.15) is 56.1 Å². The monoisotopic (exact) mass is 249 g/mol. The molecular formula is C16H24FN. The summed E-state index contributed by atoms with van der Waals surface area (Å²) in [5, 5.41) is 3.62. The Bertz CT molecular complexity index is 389. The van der Waals surface area contributed by atoms with Gasteiger partial charge >= 0.3 is 0 Å². The van der Waals surface area contributed by atoms with Gasteiger partial charge in [-0.1, -0.05) is 25.5 Å².